The molecule has 0 heterocycles. The predicted octanol–water partition coefficient (Wildman–Crippen LogP) is 9.28. The Balaban J connectivity index is 1.10. The molecule has 6 aromatic rings. The Hall–Kier alpha value is -6.15. The number of hydrogen-bond donors (Lipinski definition) is 2. The van der Waals surface area contributed by atoms with Gasteiger partial charge in [-0.2, -0.15) is 0 Å². The van der Waals surface area contributed by atoms with Gasteiger partial charge in [-0.15, -0.1) is 0 Å². The maximum atomic E-state index is 14.4. The highest BCUT2D eigenvalue weighted by atomic mass is 16.5. The van der Waals surface area contributed by atoms with Crippen LogP contribution in [0.5, 0.6) is 11.5 Å². The quantitative estimate of drug-likeness (QED) is 0.0951. The van der Waals surface area contributed by atoms with Gasteiger partial charge in [0.25, 0.3) is 0 Å². The van der Waals surface area contributed by atoms with Crippen molar-refractivity contribution >= 4 is 17.3 Å². The van der Waals surface area contributed by atoms with Gasteiger partial charge in [-0.25, -0.2) is 0 Å². The van der Waals surface area contributed by atoms with Gasteiger partial charge in [0.2, 0.25) is 0 Å². The second-order valence-electron chi connectivity index (χ2n) is 15.1. The van der Waals surface area contributed by atoms with Crippen LogP contribution in [0.25, 0.3) is 0 Å². The monoisotopic (exact) mass is 746 g/mol. The molecule has 0 fully saturated rings. The van der Waals surface area contributed by atoms with Crippen LogP contribution < -0.4 is 9.47 Å². The number of carbonyl (C=O) groups excluding carboxylic acids is 3. The Morgan fingerprint density at radius 3 is 1.05 bits per heavy atom. The first-order chi connectivity index (χ1) is 26.8. The highest BCUT2D eigenvalue weighted by Crippen LogP contribution is 2.40. The number of benzene rings is 6. The molecule has 0 spiro atoms. The largest absolute Gasteiger partial charge is 0.489 e. The molecular formula is C49H46O7. The van der Waals surface area contributed by atoms with Crippen LogP contribution in [0.2, 0.25) is 0 Å². The molecule has 0 bridgehead atoms. The molecule has 2 unspecified atom stereocenters. The zero-order valence-electron chi connectivity index (χ0n) is 32.0. The van der Waals surface area contributed by atoms with Crippen LogP contribution in [0.3, 0.4) is 0 Å². The number of carbonyl (C=O) groups is 3. The van der Waals surface area contributed by atoms with Gasteiger partial charge in [0.1, 0.15) is 24.7 Å². The van der Waals surface area contributed by atoms with E-state index in [0.717, 1.165) is 11.1 Å². The molecule has 2 atom stereocenters. The third kappa shape index (κ3) is 9.74. The average Bonchev–Trinajstić information content (AvgIpc) is 3.20. The van der Waals surface area contributed by atoms with Crippen LogP contribution >= 0.6 is 0 Å². The zero-order chi connectivity index (χ0) is 39.9. The summed E-state index contributed by atoms with van der Waals surface area (Å²) in [4.78, 5) is 39.9. The molecule has 56 heavy (non-hydrogen) atoms. The van der Waals surface area contributed by atoms with Gasteiger partial charge in [-0.1, -0.05) is 133 Å². The van der Waals surface area contributed by atoms with E-state index in [1.807, 2.05) is 60.7 Å². The topological polar surface area (TPSA) is 110 Å². The number of rotatable bonds is 16. The second kappa shape index (κ2) is 17.1. The average molecular weight is 747 g/mol. The van der Waals surface area contributed by atoms with E-state index < -0.39 is 23.0 Å². The van der Waals surface area contributed by atoms with E-state index in [4.69, 9.17) is 9.47 Å². The molecule has 2 N–H and O–H groups in total. The van der Waals surface area contributed by atoms with E-state index in [9.17, 15) is 24.6 Å². The van der Waals surface area contributed by atoms with Crippen LogP contribution in [-0.2, 0) is 18.0 Å². The minimum absolute atomic E-state index is 0.0453. The summed E-state index contributed by atoms with van der Waals surface area (Å²) in [7, 11) is 0. The fraction of sp³-hybridized carbons (Fsp3) is 0.204. The molecule has 0 saturated heterocycles. The summed E-state index contributed by atoms with van der Waals surface area (Å²) in [6.45, 7) is 6.91. The fourth-order valence-corrected chi connectivity index (χ4v) is 6.87. The van der Waals surface area contributed by atoms with Crippen molar-refractivity contribution in [1.29, 1.82) is 0 Å². The summed E-state index contributed by atoms with van der Waals surface area (Å²) in [5.41, 5.74) is 2.50. The fourth-order valence-electron chi connectivity index (χ4n) is 6.87. The minimum Gasteiger partial charge on any atom is -0.489 e. The number of ketones is 3. The smallest absolute Gasteiger partial charge is 0.193 e. The molecule has 0 amide bonds. The van der Waals surface area contributed by atoms with Crippen molar-refractivity contribution in [3.63, 3.8) is 0 Å². The van der Waals surface area contributed by atoms with E-state index >= 15 is 0 Å². The third-order valence-electron chi connectivity index (χ3n) is 9.72. The number of hydrogen-bond acceptors (Lipinski definition) is 7. The molecular weight excluding hydrogens is 701 g/mol. The van der Waals surface area contributed by atoms with E-state index in [2.05, 4.69) is 0 Å². The van der Waals surface area contributed by atoms with Gasteiger partial charge in [0, 0.05) is 22.3 Å². The maximum absolute atomic E-state index is 14.4. The van der Waals surface area contributed by atoms with Gasteiger partial charge in [-0.3, -0.25) is 14.4 Å². The highest BCUT2D eigenvalue weighted by molar-refractivity contribution is 6.09. The lowest BCUT2D eigenvalue weighted by Crippen LogP contribution is -2.43. The summed E-state index contributed by atoms with van der Waals surface area (Å²) in [5, 5.41) is 22.7. The summed E-state index contributed by atoms with van der Waals surface area (Å²) in [6, 6.07) is 46.9. The Morgan fingerprint density at radius 2 is 0.750 bits per heavy atom. The number of aliphatic hydroxyl groups is 2. The molecule has 6 aromatic carbocycles. The third-order valence-corrected chi connectivity index (χ3v) is 9.72. The van der Waals surface area contributed by atoms with E-state index in [1.165, 1.54) is 0 Å². The van der Waals surface area contributed by atoms with Crippen molar-refractivity contribution in [3.8, 4) is 11.5 Å². The Morgan fingerprint density at radius 1 is 0.446 bits per heavy atom. The van der Waals surface area contributed by atoms with Crippen molar-refractivity contribution in [2.24, 2.45) is 0 Å². The molecule has 0 radical (unpaired) electrons. The van der Waals surface area contributed by atoms with Crippen molar-refractivity contribution in [3.05, 3.63) is 202 Å². The first-order valence-corrected chi connectivity index (χ1v) is 18.6. The molecule has 6 rings (SSSR count). The van der Waals surface area contributed by atoms with Gasteiger partial charge >= 0.3 is 0 Å². The molecule has 0 aliphatic heterocycles. The first-order valence-electron chi connectivity index (χ1n) is 18.6. The normalized spacial score (nSPS) is 12.7. The van der Waals surface area contributed by atoms with Crippen molar-refractivity contribution in [2.75, 3.05) is 0 Å². The van der Waals surface area contributed by atoms with E-state index in [1.54, 1.807) is 125 Å². The van der Waals surface area contributed by atoms with Crippen LogP contribution in [0.4, 0.5) is 0 Å². The lowest BCUT2D eigenvalue weighted by molar-refractivity contribution is -0.132. The van der Waals surface area contributed by atoms with Gasteiger partial charge in [0.15, 0.2) is 17.3 Å². The molecule has 0 saturated carbocycles. The molecule has 7 nitrogen and oxygen atoms in total. The second-order valence-corrected chi connectivity index (χ2v) is 15.1. The Labute approximate surface area is 328 Å². The van der Waals surface area contributed by atoms with Crippen LogP contribution in [0.1, 0.15) is 93.6 Å². The molecule has 7 heteroatoms. The van der Waals surface area contributed by atoms with Crippen LogP contribution in [-0.4, -0.2) is 38.8 Å². The minimum atomic E-state index is -1.45. The summed E-state index contributed by atoms with van der Waals surface area (Å²) >= 11 is 0. The van der Waals surface area contributed by atoms with Gasteiger partial charge in [-0.05, 0) is 74.2 Å². The zero-order valence-corrected chi connectivity index (χ0v) is 32.0. The SMILES string of the molecule is CC(C)(O)C(C(=O)C(c1ccc(OCc2ccc(C(=O)c3ccccc3)cc2)cc1)C(C)(C)O)c1ccc(OCc2ccc(C(=O)c3ccccc3)cc2)cc1. The summed E-state index contributed by atoms with van der Waals surface area (Å²) in [5.74, 6) is -1.20. The lowest BCUT2D eigenvalue weighted by atomic mass is 9.71. The lowest BCUT2D eigenvalue weighted by Gasteiger charge is -2.36. The molecule has 0 aliphatic carbocycles. The highest BCUT2D eigenvalue weighted by Gasteiger charge is 2.44. The van der Waals surface area contributed by atoms with Crippen molar-refractivity contribution < 1.29 is 34.1 Å². The van der Waals surface area contributed by atoms with Crippen LogP contribution in [0, 0.1) is 0 Å². The maximum Gasteiger partial charge on any atom is 0.193 e. The standard InChI is InChI=1S/C49H46O7/c1-48(2,53)43(35-23-27-41(28-24-35)55-31-33-15-19-39(20-16-33)45(50)37-11-7-5-8-12-37)47(52)44(49(3,4)54)36-25-29-42(30-26-36)56-32-34-17-21-40(22-18-34)46(51)38-13-9-6-10-14-38/h5-30,43-44,53-54H,31-32H2,1-4H3. The van der Waals surface area contributed by atoms with E-state index in [0.29, 0.717) is 44.9 Å². The summed E-state index contributed by atoms with van der Waals surface area (Å²) in [6.07, 6.45) is 0. The Kier molecular flexibility index (Phi) is 12.1. The van der Waals surface area contributed by atoms with Gasteiger partial charge < -0.3 is 19.7 Å². The van der Waals surface area contributed by atoms with Crippen molar-refractivity contribution in [1.82, 2.24) is 0 Å². The predicted molar refractivity (Wildman–Crippen MR) is 217 cm³/mol. The van der Waals surface area contributed by atoms with E-state index in [-0.39, 0.29) is 30.6 Å². The number of Topliss-reactive ketones (excluding diaryl/α,β-unsaturated/α-hetero) is 1. The molecule has 284 valence electrons. The van der Waals surface area contributed by atoms with Crippen molar-refractivity contribution in [2.45, 2.75) is 63.9 Å². The first kappa shape index (κ1) is 39.5. The number of ether oxygens (including phenoxy) is 2. The molecule has 0 aliphatic rings. The Bertz CT molecular complexity index is 2070. The molecule has 0 aromatic heterocycles. The summed E-state index contributed by atoms with van der Waals surface area (Å²) < 4.78 is 12.0. The van der Waals surface area contributed by atoms with Crippen LogP contribution in [0.15, 0.2) is 158 Å². The van der Waals surface area contributed by atoms with Gasteiger partial charge in [0.05, 0.1) is 23.0 Å².